The molecule has 0 aliphatic heterocycles. The first-order chi connectivity index (χ1) is 15.7. The highest BCUT2D eigenvalue weighted by molar-refractivity contribution is 7.13. The van der Waals surface area contributed by atoms with Gasteiger partial charge < -0.3 is 18.6 Å². The molecule has 0 bridgehead atoms. The van der Waals surface area contributed by atoms with Gasteiger partial charge in [-0.25, -0.2) is 19.7 Å². The van der Waals surface area contributed by atoms with E-state index in [1.807, 2.05) is 5.38 Å². The van der Waals surface area contributed by atoms with Gasteiger partial charge in [-0.1, -0.05) is 26.2 Å². The summed E-state index contributed by atoms with van der Waals surface area (Å²) in [4.78, 5) is 25.6. The predicted molar refractivity (Wildman–Crippen MR) is 131 cm³/mol. The van der Waals surface area contributed by atoms with Crippen molar-refractivity contribution in [2.45, 2.75) is 39.2 Å². The van der Waals surface area contributed by atoms with E-state index in [1.165, 1.54) is 24.7 Å². The summed E-state index contributed by atoms with van der Waals surface area (Å²) >= 11 is 1.46. The van der Waals surface area contributed by atoms with Crippen molar-refractivity contribution in [2.24, 2.45) is 0 Å². The minimum absolute atomic E-state index is 0.173. The van der Waals surface area contributed by atoms with E-state index >= 15 is 0 Å². The number of carbonyl (C=O) groups is 1. The first kappa shape index (κ1) is 25.0. The van der Waals surface area contributed by atoms with Crippen molar-refractivity contribution in [1.29, 1.82) is 0 Å². The second kappa shape index (κ2) is 11.0. The molecule has 0 saturated heterocycles. The van der Waals surface area contributed by atoms with E-state index in [-0.39, 0.29) is 12.5 Å². The summed E-state index contributed by atoms with van der Waals surface area (Å²) in [7, 11) is 0.204. The number of hydrogen-bond donors (Lipinski definition) is 0. The maximum Gasteiger partial charge on any atom is 0.356 e. The Bertz CT molecular complexity index is 1120. The van der Waals surface area contributed by atoms with E-state index in [0.717, 1.165) is 22.3 Å². The topological polar surface area (TPSA) is 96.6 Å². The Hall–Kier alpha value is -2.66. The molecule has 0 radical (unpaired) electrons. The summed E-state index contributed by atoms with van der Waals surface area (Å²) < 4.78 is 21.5. The smallest absolute Gasteiger partial charge is 0.356 e. The number of nitrogens with zero attached hydrogens (tertiary/aromatic N) is 3. The number of thiazole rings is 1. The third kappa shape index (κ3) is 6.91. The van der Waals surface area contributed by atoms with Gasteiger partial charge in [0, 0.05) is 31.2 Å². The summed E-state index contributed by atoms with van der Waals surface area (Å²) in [5.74, 6) is -0.127. The SMILES string of the molecule is C=C(C)c1nc(-c2nc(C(=O)OC)ccc2-c2nc(COCOCC[Si](C)(C)C)cs2)co1. The molecule has 0 saturated carbocycles. The summed E-state index contributed by atoms with van der Waals surface area (Å²) in [6.45, 7) is 13.9. The van der Waals surface area contributed by atoms with Crippen LogP contribution in [0, 0.1) is 0 Å². The van der Waals surface area contributed by atoms with Crippen LogP contribution in [-0.2, 0) is 20.8 Å². The molecule has 0 N–H and O–H groups in total. The van der Waals surface area contributed by atoms with Crippen molar-refractivity contribution >= 4 is 31.0 Å². The van der Waals surface area contributed by atoms with Gasteiger partial charge in [-0.15, -0.1) is 11.3 Å². The van der Waals surface area contributed by atoms with Gasteiger partial charge in [0.2, 0.25) is 5.89 Å². The van der Waals surface area contributed by atoms with Gasteiger partial charge in [0.15, 0.2) is 0 Å². The molecule has 0 aliphatic rings. The van der Waals surface area contributed by atoms with Crippen LogP contribution in [0.2, 0.25) is 25.7 Å². The zero-order chi connectivity index (χ0) is 24.0. The Morgan fingerprint density at radius 3 is 2.64 bits per heavy atom. The molecule has 176 valence electrons. The summed E-state index contributed by atoms with van der Waals surface area (Å²) in [6.07, 6.45) is 1.49. The fourth-order valence-corrected chi connectivity index (χ4v) is 4.35. The van der Waals surface area contributed by atoms with Crippen LogP contribution in [0.1, 0.15) is 29.0 Å². The monoisotopic (exact) mass is 487 g/mol. The Morgan fingerprint density at radius 1 is 1.18 bits per heavy atom. The zero-order valence-electron chi connectivity index (χ0n) is 19.6. The number of esters is 1. The van der Waals surface area contributed by atoms with Crippen LogP contribution in [0.5, 0.6) is 0 Å². The molecule has 10 heteroatoms. The molecule has 0 aliphatic carbocycles. The quantitative estimate of drug-likeness (QED) is 0.151. The molecule has 0 atom stereocenters. The van der Waals surface area contributed by atoms with Crippen LogP contribution in [0.25, 0.3) is 27.5 Å². The number of pyridine rings is 1. The summed E-state index contributed by atoms with van der Waals surface area (Å²) in [6, 6.07) is 4.49. The maximum absolute atomic E-state index is 12.0. The van der Waals surface area contributed by atoms with Gasteiger partial charge in [-0.2, -0.15) is 0 Å². The van der Waals surface area contributed by atoms with Gasteiger partial charge in [-0.05, 0) is 25.1 Å². The average Bonchev–Trinajstić information content (AvgIpc) is 3.44. The standard InChI is InChI=1S/C23H29N3O5SSi/c1-15(2)21-26-19(12-31-21)20-17(7-8-18(25-20)23(27)28-3)22-24-16(13-32-22)11-30-14-29-9-10-33(4,5)6/h7-8,12-13H,1,9-11,14H2,2-6H3. The fraction of sp³-hybridized carbons (Fsp3) is 0.391. The number of oxazole rings is 1. The lowest BCUT2D eigenvalue weighted by atomic mass is 10.1. The number of aromatic nitrogens is 3. The molecule has 0 spiro atoms. The highest BCUT2D eigenvalue weighted by atomic mass is 32.1. The minimum atomic E-state index is -1.11. The van der Waals surface area contributed by atoms with Crippen molar-refractivity contribution in [2.75, 3.05) is 20.5 Å². The molecule has 0 amide bonds. The number of hydrogen-bond acceptors (Lipinski definition) is 9. The van der Waals surface area contributed by atoms with Gasteiger partial charge in [0.05, 0.1) is 19.4 Å². The van der Waals surface area contributed by atoms with Gasteiger partial charge in [-0.3, -0.25) is 0 Å². The molecule has 3 heterocycles. The Balaban J connectivity index is 1.76. The number of ether oxygens (including phenoxy) is 3. The van der Waals surface area contributed by atoms with Gasteiger partial charge in [0.1, 0.15) is 35.1 Å². The largest absolute Gasteiger partial charge is 0.464 e. The van der Waals surface area contributed by atoms with E-state index < -0.39 is 14.0 Å². The van der Waals surface area contributed by atoms with Crippen molar-refractivity contribution < 1.29 is 23.4 Å². The molecule has 8 nitrogen and oxygen atoms in total. The Morgan fingerprint density at radius 2 is 1.97 bits per heavy atom. The van der Waals surface area contributed by atoms with Crippen LogP contribution in [0.4, 0.5) is 0 Å². The predicted octanol–water partition coefficient (Wildman–Crippen LogP) is 5.51. The van der Waals surface area contributed by atoms with Crippen LogP contribution >= 0.6 is 11.3 Å². The summed E-state index contributed by atoms with van der Waals surface area (Å²) in [5, 5.41) is 2.66. The second-order valence-electron chi connectivity index (χ2n) is 8.73. The first-order valence-corrected chi connectivity index (χ1v) is 15.1. The molecule has 0 unspecified atom stereocenters. The van der Waals surface area contributed by atoms with Crippen molar-refractivity contribution in [1.82, 2.24) is 15.0 Å². The Labute approximate surface area is 198 Å². The van der Waals surface area contributed by atoms with Crippen LogP contribution in [0.3, 0.4) is 0 Å². The van der Waals surface area contributed by atoms with Crippen LogP contribution in [0.15, 0.2) is 34.8 Å². The molecule has 3 aromatic rings. The van der Waals surface area contributed by atoms with Gasteiger partial charge >= 0.3 is 5.97 Å². The molecule has 0 aromatic carbocycles. The van der Waals surface area contributed by atoms with E-state index in [0.29, 0.717) is 36.1 Å². The molecule has 3 rings (SSSR count). The van der Waals surface area contributed by atoms with E-state index in [9.17, 15) is 4.79 Å². The normalized spacial score (nSPS) is 11.5. The van der Waals surface area contributed by atoms with Crippen molar-refractivity contribution in [3.05, 3.63) is 47.6 Å². The molecule has 33 heavy (non-hydrogen) atoms. The number of allylic oxidation sites excluding steroid dienone is 1. The Kier molecular flexibility index (Phi) is 8.30. The molecular weight excluding hydrogens is 458 g/mol. The maximum atomic E-state index is 12.0. The first-order valence-electron chi connectivity index (χ1n) is 10.5. The average molecular weight is 488 g/mol. The van der Waals surface area contributed by atoms with Crippen LogP contribution < -0.4 is 0 Å². The molecule has 3 aromatic heterocycles. The number of methoxy groups -OCH3 is 1. The van der Waals surface area contributed by atoms with E-state index in [1.54, 1.807) is 19.1 Å². The fourth-order valence-electron chi connectivity index (χ4n) is 2.76. The third-order valence-electron chi connectivity index (χ3n) is 4.60. The highest BCUT2D eigenvalue weighted by Crippen LogP contribution is 2.33. The zero-order valence-corrected chi connectivity index (χ0v) is 21.5. The minimum Gasteiger partial charge on any atom is -0.464 e. The van der Waals surface area contributed by atoms with E-state index in [4.69, 9.17) is 18.6 Å². The van der Waals surface area contributed by atoms with Crippen molar-refractivity contribution in [3.63, 3.8) is 0 Å². The van der Waals surface area contributed by atoms with Crippen LogP contribution in [-0.4, -0.2) is 49.5 Å². The molecular formula is C23H29N3O5SSi. The number of carbonyl (C=O) groups excluding carboxylic acids is 1. The van der Waals surface area contributed by atoms with Gasteiger partial charge in [0.25, 0.3) is 0 Å². The highest BCUT2D eigenvalue weighted by Gasteiger charge is 2.20. The molecule has 0 fully saturated rings. The lowest BCUT2D eigenvalue weighted by Crippen LogP contribution is -2.22. The van der Waals surface area contributed by atoms with E-state index in [2.05, 4.69) is 41.2 Å². The lowest BCUT2D eigenvalue weighted by molar-refractivity contribution is -0.0581. The van der Waals surface area contributed by atoms with Crippen molar-refractivity contribution in [3.8, 4) is 22.0 Å². The second-order valence-corrected chi connectivity index (χ2v) is 15.2. The summed E-state index contributed by atoms with van der Waals surface area (Å²) in [5.41, 5.74) is 3.34. The lowest BCUT2D eigenvalue weighted by Gasteiger charge is -2.15. The third-order valence-corrected chi connectivity index (χ3v) is 7.23. The number of rotatable bonds is 11.